The van der Waals surface area contributed by atoms with Gasteiger partial charge in [0.05, 0.1) is 19.1 Å². The number of hydrogen-bond acceptors (Lipinski definition) is 10. The minimum absolute atomic E-state index is 0.0342. The number of rotatable bonds is 15. The zero-order valence-electron chi connectivity index (χ0n) is 31.2. The smallest absolute Gasteiger partial charge is 0.339 e. The Hall–Kier alpha value is -6.50. The van der Waals surface area contributed by atoms with Crippen LogP contribution in [0, 0.1) is 0 Å². The second-order valence-corrected chi connectivity index (χ2v) is 13.8. The Balaban J connectivity index is 1.55. The van der Waals surface area contributed by atoms with Crippen molar-refractivity contribution in [2.75, 3.05) is 25.8 Å². The van der Waals surface area contributed by atoms with E-state index >= 15 is 0 Å². The second-order valence-electron chi connectivity index (χ2n) is 13.8. The number of carboxylic acid groups (broad SMARTS) is 1. The number of amides is 2. The van der Waals surface area contributed by atoms with Gasteiger partial charge in [-0.25, -0.2) is 4.79 Å². The molecule has 0 bridgehead atoms. The van der Waals surface area contributed by atoms with Gasteiger partial charge >= 0.3 is 11.9 Å². The molecule has 288 valence electrons. The summed E-state index contributed by atoms with van der Waals surface area (Å²) in [6.45, 7) is 6.46. The normalized spacial score (nSPS) is 13.8. The van der Waals surface area contributed by atoms with E-state index in [0.29, 0.717) is 34.3 Å². The van der Waals surface area contributed by atoms with Crippen LogP contribution < -0.4 is 19.5 Å². The Kier molecular flexibility index (Phi) is 12.7. The van der Waals surface area contributed by atoms with Gasteiger partial charge in [-0.3, -0.25) is 14.4 Å². The highest BCUT2D eigenvalue weighted by molar-refractivity contribution is 6.04. The van der Waals surface area contributed by atoms with E-state index in [4.69, 9.17) is 23.4 Å². The molecular weight excluding hydrogens is 708 g/mol. The van der Waals surface area contributed by atoms with Crippen molar-refractivity contribution in [3.63, 3.8) is 0 Å². The van der Waals surface area contributed by atoms with Crippen molar-refractivity contribution < 1.29 is 52.8 Å². The van der Waals surface area contributed by atoms with Crippen LogP contribution in [0.15, 0.2) is 107 Å². The Bertz CT molecular complexity index is 2080. The van der Waals surface area contributed by atoms with Gasteiger partial charge < -0.3 is 43.8 Å². The van der Waals surface area contributed by atoms with Gasteiger partial charge in [0.25, 0.3) is 11.8 Å². The number of aliphatic carboxylic acids is 1. The van der Waals surface area contributed by atoms with Gasteiger partial charge in [0, 0.05) is 30.6 Å². The van der Waals surface area contributed by atoms with Crippen LogP contribution in [0.25, 0.3) is 6.08 Å². The quantitative estimate of drug-likeness (QED) is 0.0639. The Morgan fingerprint density at radius 1 is 0.927 bits per heavy atom. The van der Waals surface area contributed by atoms with Gasteiger partial charge in [0.2, 0.25) is 6.79 Å². The zero-order valence-corrected chi connectivity index (χ0v) is 31.2. The molecule has 1 aliphatic rings. The van der Waals surface area contributed by atoms with Crippen molar-refractivity contribution in [3.8, 4) is 17.2 Å². The largest absolute Gasteiger partial charge is 0.503 e. The summed E-state index contributed by atoms with van der Waals surface area (Å²) in [5.41, 5.74) is 0.334. The molecule has 5 rings (SSSR count). The molecular formula is C42H44N2O11. The van der Waals surface area contributed by atoms with Crippen LogP contribution >= 0.6 is 0 Å². The summed E-state index contributed by atoms with van der Waals surface area (Å²) >= 11 is 0. The van der Waals surface area contributed by atoms with Crippen LogP contribution in [0.1, 0.15) is 67.5 Å². The summed E-state index contributed by atoms with van der Waals surface area (Å²) in [6, 6.07) is 24.0. The van der Waals surface area contributed by atoms with Crippen molar-refractivity contribution in [2.24, 2.45) is 0 Å². The van der Waals surface area contributed by atoms with Crippen LogP contribution in [0.2, 0.25) is 0 Å². The molecule has 55 heavy (non-hydrogen) atoms. The van der Waals surface area contributed by atoms with Gasteiger partial charge in [-0.15, -0.1) is 0 Å². The van der Waals surface area contributed by atoms with Crippen molar-refractivity contribution in [3.05, 3.63) is 125 Å². The highest BCUT2D eigenvalue weighted by atomic mass is 16.7. The molecule has 2 unspecified atom stereocenters. The average Bonchev–Trinajstić information content (AvgIpc) is 3.83. The van der Waals surface area contributed by atoms with Crippen LogP contribution in [-0.4, -0.2) is 71.0 Å². The first-order valence-corrected chi connectivity index (χ1v) is 17.6. The SMILES string of the molecule is COc1cccc(C=CCN(C(=O)C(O)=C(CC(=O)O)C(=O)OC(C)(C)C)C(C)C(Cc2ccc(C(=O)Nc3ccccc3)o2)c2ccc3c(c2)OCO3)c1. The fourth-order valence-corrected chi connectivity index (χ4v) is 5.96. The second kappa shape index (κ2) is 17.5. The molecule has 0 fully saturated rings. The average molecular weight is 753 g/mol. The van der Waals surface area contributed by atoms with E-state index in [9.17, 15) is 29.4 Å². The third-order valence-corrected chi connectivity index (χ3v) is 8.67. The van der Waals surface area contributed by atoms with E-state index in [1.165, 1.54) is 4.90 Å². The minimum atomic E-state index is -1.44. The minimum Gasteiger partial charge on any atom is -0.503 e. The van der Waals surface area contributed by atoms with Crippen LogP contribution in [-0.2, 0) is 25.5 Å². The summed E-state index contributed by atoms with van der Waals surface area (Å²) in [5, 5.41) is 23.9. The van der Waals surface area contributed by atoms with Gasteiger partial charge in [0.1, 0.15) is 17.1 Å². The molecule has 4 aromatic rings. The van der Waals surface area contributed by atoms with Crippen LogP contribution in [0.4, 0.5) is 5.69 Å². The van der Waals surface area contributed by atoms with E-state index in [2.05, 4.69) is 5.32 Å². The van der Waals surface area contributed by atoms with Crippen molar-refractivity contribution >= 4 is 35.5 Å². The van der Waals surface area contributed by atoms with Gasteiger partial charge in [-0.1, -0.05) is 48.6 Å². The molecule has 3 N–H and O–H groups in total. The number of para-hydroxylation sites is 1. The lowest BCUT2D eigenvalue weighted by Gasteiger charge is -2.34. The fraction of sp³-hybridized carbons (Fsp3) is 0.286. The molecule has 0 spiro atoms. The number of carboxylic acids is 1. The first-order valence-electron chi connectivity index (χ1n) is 17.6. The Labute approximate surface area is 318 Å². The van der Waals surface area contributed by atoms with Crippen molar-refractivity contribution in [2.45, 2.75) is 58.1 Å². The van der Waals surface area contributed by atoms with Crippen LogP contribution in [0.5, 0.6) is 17.2 Å². The molecule has 0 saturated heterocycles. The number of anilines is 1. The first-order chi connectivity index (χ1) is 26.2. The number of nitrogens with zero attached hydrogens (tertiary/aromatic N) is 1. The van der Waals surface area contributed by atoms with E-state index < -0.39 is 59.1 Å². The van der Waals surface area contributed by atoms with Crippen LogP contribution in [0.3, 0.4) is 0 Å². The summed E-state index contributed by atoms with van der Waals surface area (Å²) in [5.74, 6) is -3.51. The number of methoxy groups -OCH3 is 1. The third-order valence-electron chi connectivity index (χ3n) is 8.67. The van der Waals surface area contributed by atoms with E-state index in [-0.39, 0.29) is 25.5 Å². The Morgan fingerprint density at radius 3 is 2.38 bits per heavy atom. The molecule has 0 radical (unpaired) electrons. The lowest BCUT2D eigenvalue weighted by atomic mass is 9.87. The van der Waals surface area contributed by atoms with E-state index in [1.807, 2.05) is 24.3 Å². The summed E-state index contributed by atoms with van der Waals surface area (Å²) < 4.78 is 28.0. The number of furan rings is 1. The zero-order chi connectivity index (χ0) is 39.7. The number of esters is 1. The number of benzene rings is 3. The summed E-state index contributed by atoms with van der Waals surface area (Å²) in [6.07, 6.45) is 2.68. The predicted octanol–water partition coefficient (Wildman–Crippen LogP) is 7.15. The lowest BCUT2D eigenvalue weighted by Crippen LogP contribution is -2.44. The van der Waals surface area contributed by atoms with Gasteiger partial charge in [-0.2, -0.15) is 0 Å². The van der Waals surface area contributed by atoms with E-state index in [1.54, 1.807) is 108 Å². The fourth-order valence-electron chi connectivity index (χ4n) is 5.96. The molecule has 13 nitrogen and oxygen atoms in total. The van der Waals surface area contributed by atoms with Crippen molar-refractivity contribution in [1.82, 2.24) is 4.90 Å². The predicted molar refractivity (Wildman–Crippen MR) is 203 cm³/mol. The molecule has 2 amide bonds. The maximum atomic E-state index is 14.4. The molecule has 2 heterocycles. The summed E-state index contributed by atoms with van der Waals surface area (Å²) in [4.78, 5) is 53.9. The molecule has 0 saturated carbocycles. The molecule has 13 heteroatoms. The number of carbonyl (C=O) groups excluding carboxylic acids is 3. The van der Waals surface area contributed by atoms with E-state index in [0.717, 1.165) is 5.56 Å². The molecule has 2 atom stereocenters. The van der Waals surface area contributed by atoms with Gasteiger partial charge in [-0.05, 0) is 87.4 Å². The topological polar surface area (TPSA) is 174 Å². The molecule has 0 aliphatic carbocycles. The van der Waals surface area contributed by atoms with Crippen molar-refractivity contribution in [1.29, 1.82) is 0 Å². The number of carbonyl (C=O) groups is 4. The number of aliphatic hydroxyl groups excluding tert-OH is 1. The summed E-state index contributed by atoms with van der Waals surface area (Å²) in [7, 11) is 1.55. The lowest BCUT2D eigenvalue weighted by molar-refractivity contribution is -0.152. The number of nitrogens with one attached hydrogen (secondary N) is 1. The maximum Gasteiger partial charge on any atom is 0.339 e. The highest BCUT2D eigenvalue weighted by Crippen LogP contribution is 2.38. The number of aliphatic hydroxyl groups is 1. The third kappa shape index (κ3) is 10.6. The highest BCUT2D eigenvalue weighted by Gasteiger charge is 2.35. The molecule has 3 aromatic carbocycles. The Morgan fingerprint density at radius 2 is 1.67 bits per heavy atom. The maximum absolute atomic E-state index is 14.4. The number of ether oxygens (including phenoxy) is 4. The number of hydrogen-bond donors (Lipinski definition) is 3. The number of fused-ring (bicyclic) bond motifs is 1. The standard InChI is InChI=1S/C42H44N2O11/c1-26(32(28-16-18-34-36(22-28)53-25-52-34)23-31-17-19-35(54-31)39(48)43-29-13-7-6-8-14-29)44(20-10-12-27-11-9-15-30(21-27)51-5)40(49)38(47)33(24-37(45)46)41(50)55-42(2,3)4/h6-19,21-22,26,32,47H,20,23-25H2,1-5H3,(H,43,48)(H,45,46). The molecule has 1 aliphatic heterocycles. The van der Waals surface area contributed by atoms with Gasteiger partial charge in [0.15, 0.2) is 23.0 Å². The molecule has 1 aromatic heterocycles. The first kappa shape index (κ1) is 39.7. The monoisotopic (exact) mass is 752 g/mol.